The van der Waals surface area contributed by atoms with Crippen LogP contribution >= 0.6 is 0 Å². The predicted molar refractivity (Wildman–Crippen MR) is 72.7 cm³/mol. The van der Waals surface area contributed by atoms with Crippen molar-refractivity contribution in [2.75, 3.05) is 13.1 Å². The van der Waals surface area contributed by atoms with Gasteiger partial charge in [-0.1, -0.05) is 6.92 Å². The highest BCUT2D eigenvalue weighted by Crippen LogP contribution is 2.12. The molecule has 19 heavy (non-hydrogen) atoms. The van der Waals surface area contributed by atoms with Crippen LogP contribution in [0.25, 0.3) is 0 Å². The van der Waals surface area contributed by atoms with Gasteiger partial charge in [-0.05, 0) is 20.3 Å². The van der Waals surface area contributed by atoms with Crippen molar-refractivity contribution in [1.82, 2.24) is 20.4 Å². The minimum atomic E-state index is -0.161. The highest BCUT2D eigenvalue weighted by Gasteiger charge is 2.13. The molecule has 0 saturated heterocycles. The first-order valence-electron chi connectivity index (χ1n) is 6.48. The van der Waals surface area contributed by atoms with Crippen LogP contribution in [0.4, 0.5) is 0 Å². The Morgan fingerprint density at radius 3 is 2.42 bits per heavy atom. The van der Waals surface area contributed by atoms with Crippen molar-refractivity contribution in [2.24, 2.45) is 7.05 Å². The molecule has 0 aliphatic heterocycles. The predicted octanol–water partition coefficient (Wildman–Crippen LogP) is 0.222. The van der Waals surface area contributed by atoms with E-state index in [-0.39, 0.29) is 24.8 Å². The first-order chi connectivity index (χ1) is 8.95. The van der Waals surface area contributed by atoms with Gasteiger partial charge in [0.15, 0.2) is 0 Å². The lowest BCUT2D eigenvalue weighted by molar-refractivity contribution is -0.125. The Labute approximate surface area is 113 Å². The number of rotatable bonds is 6. The van der Waals surface area contributed by atoms with Crippen molar-refractivity contribution in [1.29, 1.82) is 0 Å². The van der Waals surface area contributed by atoms with E-state index in [2.05, 4.69) is 15.7 Å². The van der Waals surface area contributed by atoms with E-state index in [1.165, 1.54) is 0 Å². The molecule has 2 N–H and O–H groups in total. The van der Waals surface area contributed by atoms with Crippen molar-refractivity contribution in [3.8, 4) is 0 Å². The van der Waals surface area contributed by atoms with Crippen molar-refractivity contribution >= 4 is 11.8 Å². The summed E-state index contributed by atoms with van der Waals surface area (Å²) in [6.45, 7) is 6.44. The third-order valence-electron chi connectivity index (χ3n) is 3.01. The number of carbonyl (C=O) groups excluding carboxylic acids is 2. The maximum absolute atomic E-state index is 11.8. The van der Waals surface area contributed by atoms with Crippen molar-refractivity contribution in [2.45, 2.75) is 33.6 Å². The van der Waals surface area contributed by atoms with Crippen LogP contribution in [-0.4, -0.2) is 34.7 Å². The molecule has 0 unspecified atom stereocenters. The molecule has 2 amide bonds. The van der Waals surface area contributed by atoms with Gasteiger partial charge in [0.1, 0.15) is 0 Å². The van der Waals surface area contributed by atoms with E-state index in [0.29, 0.717) is 6.54 Å². The minimum Gasteiger partial charge on any atom is -0.355 e. The lowest BCUT2D eigenvalue weighted by Crippen LogP contribution is -2.37. The molecule has 0 radical (unpaired) electrons. The molecule has 0 fully saturated rings. The van der Waals surface area contributed by atoms with Crippen LogP contribution in [0.15, 0.2) is 0 Å². The number of hydrogen-bond donors (Lipinski definition) is 2. The number of carbonyl (C=O) groups is 2. The molecule has 1 aromatic rings. The molecular weight excluding hydrogens is 244 g/mol. The van der Waals surface area contributed by atoms with Crippen molar-refractivity contribution in [3.63, 3.8) is 0 Å². The summed E-state index contributed by atoms with van der Waals surface area (Å²) in [4.78, 5) is 23.1. The molecule has 1 aromatic heterocycles. The summed E-state index contributed by atoms with van der Waals surface area (Å²) in [5.41, 5.74) is 2.75. The molecule has 0 bridgehead atoms. The van der Waals surface area contributed by atoms with Gasteiger partial charge in [0, 0.05) is 24.8 Å². The smallest absolute Gasteiger partial charge is 0.239 e. The first kappa shape index (κ1) is 15.2. The minimum absolute atomic E-state index is 0.0250. The Morgan fingerprint density at radius 1 is 1.21 bits per heavy atom. The van der Waals surface area contributed by atoms with Gasteiger partial charge in [-0.3, -0.25) is 14.3 Å². The van der Waals surface area contributed by atoms with Crippen LogP contribution in [0.2, 0.25) is 0 Å². The number of nitrogens with zero attached hydrogens (tertiary/aromatic N) is 2. The largest absolute Gasteiger partial charge is 0.355 e. The van der Waals surface area contributed by atoms with E-state index in [4.69, 9.17) is 0 Å². The van der Waals surface area contributed by atoms with Crippen LogP contribution < -0.4 is 10.6 Å². The molecular formula is C13H22N4O2. The van der Waals surface area contributed by atoms with Gasteiger partial charge >= 0.3 is 0 Å². The van der Waals surface area contributed by atoms with Gasteiger partial charge in [-0.25, -0.2) is 0 Å². The number of amides is 2. The first-order valence-corrected chi connectivity index (χ1v) is 6.48. The van der Waals surface area contributed by atoms with Gasteiger partial charge in [-0.15, -0.1) is 0 Å². The second kappa shape index (κ2) is 6.92. The molecule has 0 atom stereocenters. The molecule has 0 spiro atoms. The van der Waals surface area contributed by atoms with Gasteiger partial charge in [-0.2, -0.15) is 5.10 Å². The summed E-state index contributed by atoms with van der Waals surface area (Å²) >= 11 is 0. The summed E-state index contributed by atoms with van der Waals surface area (Å²) in [5, 5.41) is 9.58. The molecule has 0 saturated carbocycles. The number of aryl methyl sites for hydroxylation is 2. The van der Waals surface area contributed by atoms with Gasteiger partial charge in [0.2, 0.25) is 11.8 Å². The third-order valence-corrected chi connectivity index (χ3v) is 3.01. The van der Waals surface area contributed by atoms with E-state index in [1.807, 2.05) is 27.8 Å². The maximum atomic E-state index is 11.8. The normalized spacial score (nSPS) is 10.3. The Bertz CT molecular complexity index is 465. The highest BCUT2D eigenvalue weighted by atomic mass is 16.2. The lowest BCUT2D eigenvalue weighted by atomic mass is 10.1. The van der Waals surface area contributed by atoms with Crippen LogP contribution in [0, 0.1) is 13.8 Å². The fourth-order valence-electron chi connectivity index (χ4n) is 1.80. The number of nitrogens with one attached hydrogen (secondary N) is 2. The summed E-state index contributed by atoms with van der Waals surface area (Å²) in [7, 11) is 1.85. The molecule has 6 nitrogen and oxygen atoms in total. The number of hydrogen-bond acceptors (Lipinski definition) is 3. The van der Waals surface area contributed by atoms with Crippen LogP contribution in [0.5, 0.6) is 0 Å². The zero-order chi connectivity index (χ0) is 14.4. The zero-order valence-electron chi connectivity index (χ0n) is 12.0. The van der Waals surface area contributed by atoms with Crippen molar-refractivity contribution in [3.05, 3.63) is 17.0 Å². The second-order valence-corrected chi connectivity index (χ2v) is 4.58. The van der Waals surface area contributed by atoms with E-state index in [0.717, 1.165) is 23.4 Å². The monoisotopic (exact) mass is 266 g/mol. The second-order valence-electron chi connectivity index (χ2n) is 4.58. The maximum Gasteiger partial charge on any atom is 0.239 e. The van der Waals surface area contributed by atoms with Gasteiger partial charge < -0.3 is 10.6 Å². The number of aromatic nitrogens is 2. The fourth-order valence-corrected chi connectivity index (χ4v) is 1.80. The molecule has 0 aromatic carbocycles. The molecule has 0 aliphatic rings. The molecule has 106 valence electrons. The van der Waals surface area contributed by atoms with E-state index < -0.39 is 0 Å². The summed E-state index contributed by atoms with van der Waals surface area (Å²) < 4.78 is 1.76. The van der Waals surface area contributed by atoms with Crippen LogP contribution in [0.1, 0.15) is 30.3 Å². The Balaban J connectivity index is 2.45. The van der Waals surface area contributed by atoms with Gasteiger partial charge in [0.05, 0.1) is 18.7 Å². The van der Waals surface area contributed by atoms with E-state index in [9.17, 15) is 9.59 Å². The molecule has 6 heteroatoms. The topological polar surface area (TPSA) is 76.0 Å². The van der Waals surface area contributed by atoms with Crippen molar-refractivity contribution < 1.29 is 9.59 Å². The SMILES string of the molecule is CCCNC(=O)CNC(=O)Cc1c(C)nn(C)c1C. The zero-order valence-corrected chi connectivity index (χ0v) is 12.0. The molecule has 1 heterocycles. The highest BCUT2D eigenvalue weighted by molar-refractivity contribution is 5.85. The fraction of sp³-hybridized carbons (Fsp3) is 0.615. The van der Waals surface area contributed by atoms with E-state index in [1.54, 1.807) is 4.68 Å². The average Bonchev–Trinajstić information content (AvgIpc) is 2.60. The molecule has 0 aliphatic carbocycles. The molecule has 1 rings (SSSR count). The quantitative estimate of drug-likeness (QED) is 0.773. The van der Waals surface area contributed by atoms with Gasteiger partial charge in [0.25, 0.3) is 0 Å². The van der Waals surface area contributed by atoms with E-state index >= 15 is 0 Å². The lowest BCUT2D eigenvalue weighted by Gasteiger charge is -2.06. The third kappa shape index (κ3) is 4.39. The Hall–Kier alpha value is -1.85. The van der Waals surface area contributed by atoms with Crippen LogP contribution in [0.3, 0.4) is 0 Å². The standard InChI is InChI=1S/C13H22N4O2/c1-5-6-14-13(19)8-15-12(18)7-11-9(2)16-17(4)10(11)3/h5-8H2,1-4H3,(H,14,19)(H,15,18). The summed E-state index contributed by atoms with van der Waals surface area (Å²) in [5.74, 6) is -0.319. The van der Waals surface area contributed by atoms with Crippen LogP contribution in [-0.2, 0) is 23.1 Å². The Kier molecular flexibility index (Phi) is 5.54. The summed E-state index contributed by atoms with van der Waals surface area (Å²) in [6, 6.07) is 0. The summed E-state index contributed by atoms with van der Waals surface area (Å²) in [6.07, 6.45) is 1.14. The average molecular weight is 266 g/mol. The Morgan fingerprint density at radius 2 is 1.89 bits per heavy atom.